The largest absolute Gasteiger partial charge is 0.481 e. The zero-order valence-electron chi connectivity index (χ0n) is 7.55. The molecule has 5 heteroatoms. The molecule has 0 amide bonds. The molecule has 2 aromatic rings. The number of halogens is 2. The summed E-state index contributed by atoms with van der Waals surface area (Å²) in [6, 6.07) is 5.30. The summed E-state index contributed by atoms with van der Waals surface area (Å²) in [7, 11) is 0. The first kappa shape index (κ1) is 10.3. The molecule has 0 aliphatic rings. The molecule has 15 heavy (non-hydrogen) atoms. The maximum Gasteiger partial charge on any atom is 0.309 e. The van der Waals surface area contributed by atoms with Crippen LogP contribution in [0.25, 0.3) is 10.9 Å². The predicted octanol–water partition coefficient (Wildman–Crippen LogP) is 3.10. The standard InChI is InChI=1S/C10H7Cl2NO2/c11-5-2-1-3-6-9(5)10(12)7(13-6)4-8(14)15/h1-3,13H,4H2,(H,14,15). The van der Waals surface area contributed by atoms with Crippen molar-refractivity contribution in [2.24, 2.45) is 0 Å². The molecule has 2 rings (SSSR count). The minimum absolute atomic E-state index is 0.135. The number of benzene rings is 1. The van der Waals surface area contributed by atoms with Gasteiger partial charge in [-0.05, 0) is 12.1 Å². The monoisotopic (exact) mass is 243 g/mol. The van der Waals surface area contributed by atoms with Crippen LogP contribution in [0.3, 0.4) is 0 Å². The summed E-state index contributed by atoms with van der Waals surface area (Å²) in [5, 5.41) is 10.3. The van der Waals surface area contributed by atoms with Gasteiger partial charge in [-0.3, -0.25) is 4.79 Å². The number of H-pyrrole nitrogens is 1. The number of hydrogen-bond acceptors (Lipinski definition) is 1. The molecule has 0 aliphatic carbocycles. The first-order valence-electron chi connectivity index (χ1n) is 4.26. The smallest absolute Gasteiger partial charge is 0.309 e. The summed E-state index contributed by atoms with van der Waals surface area (Å²) in [5.41, 5.74) is 1.23. The van der Waals surface area contributed by atoms with Crippen molar-refractivity contribution in [1.82, 2.24) is 4.98 Å². The second kappa shape index (κ2) is 3.76. The lowest BCUT2D eigenvalue weighted by Crippen LogP contribution is -2.00. The maximum atomic E-state index is 10.6. The molecule has 0 bridgehead atoms. The van der Waals surface area contributed by atoms with E-state index >= 15 is 0 Å². The van der Waals surface area contributed by atoms with Gasteiger partial charge in [-0.1, -0.05) is 29.3 Å². The van der Waals surface area contributed by atoms with Gasteiger partial charge in [0.05, 0.1) is 16.5 Å². The van der Waals surface area contributed by atoms with Gasteiger partial charge in [-0.2, -0.15) is 0 Å². The molecule has 0 atom stereocenters. The number of nitrogens with one attached hydrogen (secondary N) is 1. The molecule has 0 radical (unpaired) electrons. The van der Waals surface area contributed by atoms with E-state index < -0.39 is 5.97 Å². The van der Waals surface area contributed by atoms with Gasteiger partial charge >= 0.3 is 5.97 Å². The van der Waals surface area contributed by atoms with Crippen LogP contribution in [0.1, 0.15) is 5.69 Å². The van der Waals surface area contributed by atoms with E-state index in [4.69, 9.17) is 28.3 Å². The second-order valence-corrected chi connectivity index (χ2v) is 3.94. The maximum absolute atomic E-state index is 10.6. The van der Waals surface area contributed by atoms with E-state index in [0.717, 1.165) is 5.52 Å². The number of carboxylic acid groups (broad SMARTS) is 1. The van der Waals surface area contributed by atoms with Crippen molar-refractivity contribution in [1.29, 1.82) is 0 Å². The Bertz CT molecular complexity index is 533. The van der Waals surface area contributed by atoms with Gasteiger partial charge in [-0.15, -0.1) is 0 Å². The van der Waals surface area contributed by atoms with Crippen LogP contribution in [0.2, 0.25) is 10.0 Å². The molecule has 0 aliphatic heterocycles. The van der Waals surface area contributed by atoms with Gasteiger partial charge in [0.2, 0.25) is 0 Å². The first-order chi connectivity index (χ1) is 7.09. The number of aromatic nitrogens is 1. The number of hydrogen-bond donors (Lipinski definition) is 2. The summed E-state index contributed by atoms with van der Waals surface area (Å²) in [6.45, 7) is 0. The molecule has 0 saturated heterocycles. The van der Waals surface area contributed by atoms with Crippen LogP contribution in [-0.2, 0) is 11.2 Å². The molecule has 0 fully saturated rings. The number of fused-ring (bicyclic) bond motifs is 1. The SMILES string of the molecule is O=C(O)Cc1[nH]c2cccc(Cl)c2c1Cl. The molecule has 1 heterocycles. The zero-order chi connectivity index (χ0) is 11.0. The van der Waals surface area contributed by atoms with Crippen molar-refractivity contribution in [3.63, 3.8) is 0 Å². The Morgan fingerprint density at radius 1 is 1.40 bits per heavy atom. The topological polar surface area (TPSA) is 53.1 Å². The molecule has 1 aromatic heterocycles. The van der Waals surface area contributed by atoms with E-state index in [-0.39, 0.29) is 6.42 Å². The molecule has 3 nitrogen and oxygen atoms in total. The Labute approximate surface area is 95.6 Å². The third-order valence-electron chi connectivity index (χ3n) is 2.11. The van der Waals surface area contributed by atoms with Crippen molar-refractivity contribution in [2.75, 3.05) is 0 Å². The average molecular weight is 244 g/mol. The Hall–Kier alpha value is -1.19. The van der Waals surface area contributed by atoms with E-state index in [9.17, 15) is 4.79 Å². The molecular formula is C10H7Cl2NO2. The van der Waals surface area contributed by atoms with Gasteiger partial charge in [0.25, 0.3) is 0 Å². The highest BCUT2D eigenvalue weighted by atomic mass is 35.5. The fourth-order valence-corrected chi connectivity index (χ4v) is 2.13. The third-order valence-corrected chi connectivity index (χ3v) is 2.84. The summed E-state index contributed by atoms with van der Waals surface area (Å²) >= 11 is 12.0. The van der Waals surface area contributed by atoms with Crippen LogP contribution in [0, 0.1) is 0 Å². The minimum Gasteiger partial charge on any atom is -0.481 e. The third kappa shape index (κ3) is 1.80. The highest BCUT2D eigenvalue weighted by Crippen LogP contribution is 2.33. The minimum atomic E-state index is -0.931. The van der Waals surface area contributed by atoms with E-state index in [1.165, 1.54) is 0 Å². The average Bonchev–Trinajstić information content (AvgIpc) is 2.44. The van der Waals surface area contributed by atoms with Crippen molar-refractivity contribution < 1.29 is 9.90 Å². The van der Waals surface area contributed by atoms with Crippen LogP contribution >= 0.6 is 23.2 Å². The molecule has 78 valence electrons. The van der Waals surface area contributed by atoms with E-state index in [1.54, 1.807) is 18.2 Å². The van der Waals surface area contributed by atoms with Gasteiger partial charge in [0, 0.05) is 16.6 Å². The predicted molar refractivity (Wildman–Crippen MR) is 59.7 cm³/mol. The van der Waals surface area contributed by atoms with E-state index in [2.05, 4.69) is 4.98 Å². The Balaban J connectivity index is 2.64. The Morgan fingerprint density at radius 3 is 2.73 bits per heavy atom. The van der Waals surface area contributed by atoms with Gasteiger partial charge < -0.3 is 10.1 Å². The molecule has 2 N–H and O–H groups in total. The second-order valence-electron chi connectivity index (χ2n) is 3.15. The van der Waals surface area contributed by atoms with Crippen molar-refractivity contribution >= 4 is 40.1 Å². The molecule has 1 aromatic carbocycles. The van der Waals surface area contributed by atoms with Crippen molar-refractivity contribution in [3.8, 4) is 0 Å². The molecule has 0 unspecified atom stereocenters. The van der Waals surface area contributed by atoms with Crippen molar-refractivity contribution in [2.45, 2.75) is 6.42 Å². The van der Waals surface area contributed by atoms with Crippen LogP contribution < -0.4 is 0 Å². The summed E-state index contributed by atoms with van der Waals surface area (Å²) in [4.78, 5) is 13.5. The van der Waals surface area contributed by atoms with Gasteiger partial charge in [-0.25, -0.2) is 0 Å². The Morgan fingerprint density at radius 2 is 2.13 bits per heavy atom. The van der Waals surface area contributed by atoms with Crippen LogP contribution in [0.15, 0.2) is 18.2 Å². The highest BCUT2D eigenvalue weighted by molar-refractivity contribution is 6.42. The number of carbonyl (C=O) groups is 1. The van der Waals surface area contributed by atoms with Crippen LogP contribution in [0.4, 0.5) is 0 Å². The number of aromatic amines is 1. The quantitative estimate of drug-likeness (QED) is 0.852. The fourth-order valence-electron chi connectivity index (χ4n) is 1.49. The number of carboxylic acids is 1. The number of rotatable bonds is 2. The summed E-state index contributed by atoms with van der Waals surface area (Å²) in [5.74, 6) is -0.931. The van der Waals surface area contributed by atoms with Crippen LogP contribution in [-0.4, -0.2) is 16.1 Å². The highest BCUT2D eigenvalue weighted by Gasteiger charge is 2.13. The zero-order valence-corrected chi connectivity index (χ0v) is 9.06. The lowest BCUT2D eigenvalue weighted by molar-refractivity contribution is -0.136. The molecular weight excluding hydrogens is 237 g/mol. The lowest BCUT2D eigenvalue weighted by Gasteiger charge is -1.93. The van der Waals surface area contributed by atoms with Crippen molar-refractivity contribution in [3.05, 3.63) is 33.9 Å². The first-order valence-corrected chi connectivity index (χ1v) is 5.01. The van der Waals surface area contributed by atoms with Crippen LogP contribution in [0.5, 0.6) is 0 Å². The summed E-state index contributed by atoms with van der Waals surface area (Å²) in [6.07, 6.45) is -0.135. The fraction of sp³-hybridized carbons (Fsp3) is 0.100. The lowest BCUT2D eigenvalue weighted by atomic mass is 10.2. The summed E-state index contributed by atoms with van der Waals surface area (Å²) < 4.78 is 0. The van der Waals surface area contributed by atoms with Gasteiger partial charge in [0.1, 0.15) is 0 Å². The van der Waals surface area contributed by atoms with E-state index in [0.29, 0.717) is 21.1 Å². The molecule has 0 saturated carbocycles. The van der Waals surface area contributed by atoms with Gasteiger partial charge in [0.15, 0.2) is 0 Å². The Kier molecular flexibility index (Phi) is 2.59. The van der Waals surface area contributed by atoms with E-state index in [1.807, 2.05) is 0 Å². The normalized spacial score (nSPS) is 10.8. The number of aliphatic carboxylic acids is 1. The molecule has 0 spiro atoms.